The smallest absolute Gasteiger partial charge is 0.158 e. The molecular weight excluding hydrogens is 365 g/mol. The van der Waals surface area contributed by atoms with Crippen LogP contribution in [0.3, 0.4) is 0 Å². The molecule has 0 aromatic carbocycles. The number of hydrogen-bond donors (Lipinski definition) is 2. The normalized spacial score (nSPS) is 44.1. The van der Waals surface area contributed by atoms with Crippen LogP contribution >= 0.6 is 0 Å². The van der Waals surface area contributed by atoms with Crippen LogP contribution in [0.4, 0.5) is 4.39 Å². The number of nitrogens with zero attached hydrogens (tertiary/aromatic N) is 1. The number of halogens is 1. The van der Waals surface area contributed by atoms with Crippen molar-refractivity contribution in [2.45, 2.75) is 82.6 Å². The fourth-order valence-corrected chi connectivity index (χ4v) is 6.98. The Morgan fingerprint density at radius 2 is 2.00 bits per heavy atom. The molecule has 1 aromatic heterocycles. The molecule has 2 saturated carbocycles. The van der Waals surface area contributed by atoms with Crippen LogP contribution in [0.5, 0.6) is 0 Å². The van der Waals surface area contributed by atoms with Gasteiger partial charge < -0.3 is 10.2 Å². The Hall–Kier alpha value is -1.52. The van der Waals surface area contributed by atoms with E-state index in [1.807, 2.05) is 19.2 Å². The molecule has 0 aliphatic heterocycles. The van der Waals surface area contributed by atoms with Crippen LogP contribution in [-0.2, 0) is 0 Å². The van der Waals surface area contributed by atoms with E-state index in [0.29, 0.717) is 38.0 Å². The van der Waals surface area contributed by atoms with Gasteiger partial charge in [0.15, 0.2) is 5.67 Å². The third-order valence-electron chi connectivity index (χ3n) is 8.68. The molecular formula is C25H32FNO2. The van der Waals surface area contributed by atoms with E-state index in [2.05, 4.69) is 24.1 Å². The minimum Gasteiger partial charge on any atom is -0.393 e. The molecule has 2 N–H and O–H groups in total. The molecule has 3 nitrogen and oxygen atoms in total. The maximum atomic E-state index is 16.5. The van der Waals surface area contributed by atoms with E-state index in [4.69, 9.17) is 0 Å². The number of aryl methyl sites for hydroxylation is 1. The lowest BCUT2D eigenvalue weighted by atomic mass is 9.53. The van der Waals surface area contributed by atoms with Crippen molar-refractivity contribution in [3.05, 3.63) is 47.3 Å². The van der Waals surface area contributed by atoms with Gasteiger partial charge in [-0.15, -0.1) is 0 Å². The molecule has 4 aliphatic carbocycles. The van der Waals surface area contributed by atoms with E-state index in [9.17, 15) is 10.2 Å². The molecule has 5 rings (SSSR count). The first kappa shape index (κ1) is 19.4. The highest BCUT2D eigenvalue weighted by molar-refractivity contribution is 5.74. The molecule has 29 heavy (non-hydrogen) atoms. The number of pyridine rings is 1. The lowest BCUT2D eigenvalue weighted by Crippen LogP contribution is -2.61. The molecule has 5 unspecified atom stereocenters. The van der Waals surface area contributed by atoms with Gasteiger partial charge in [0.25, 0.3) is 0 Å². The topological polar surface area (TPSA) is 53.4 Å². The van der Waals surface area contributed by atoms with Gasteiger partial charge in [0.05, 0.1) is 6.10 Å². The van der Waals surface area contributed by atoms with Crippen LogP contribution < -0.4 is 0 Å². The number of aromatic nitrogens is 1. The Morgan fingerprint density at radius 3 is 2.79 bits per heavy atom. The van der Waals surface area contributed by atoms with Gasteiger partial charge in [0, 0.05) is 17.8 Å². The van der Waals surface area contributed by atoms with Crippen LogP contribution in [0, 0.1) is 24.2 Å². The number of fused-ring (bicyclic) bond motifs is 4. The third-order valence-corrected chi connectivity index (χ3v) is 8.68. The van der Waals surface area contributed by atoms with E-state index >= 15 is 4.39 Å². The number of rotatable bonds is 1. The largest absolute Gasteiger partial charge is 0.393 e. The standard InChI is InChI=1S/C25H32FNO2/c1-16-20(4-3-13-27-16)21-7-8-22-23(21,2)11-12-24(26)15-18-14-19(28)6-5-17(18)9-10-25(22,24)29/h3-4,7,13,15,17,19,22,28-29H,5-6,8-12,14H2,1-2H3/t17?,19?,22?,23?,24?,25-/m0/s1. The summed E-state index contributed by atoms with van der Waals surface area (Å²) in [6.07, 6.45) is 10.7. The van der Waals surface area contributed by atoms with Gasteiger partial charge in [-0.25, -0.2) is 4.39 Å². The molecule has 0 radical (unpaired) electrons. The molecule has 4 heteroatoms. The molecule has 0 amide bonds. The Balaban J connectivity index is 1.54. The number of aliphatic hydroxyl groups excluding tert-OH is 1. The summed E-state index contributed by atoms with van der Waals surface area (Å²) >= 11 is 0. The van der Waals surface area contributed by atoms with Crippen molar-refractivity contribution in [2.75, 3.05) is 0 Å². The van der Waals surface area contributed by atoms with E-state index in [1.165, 1.54) is 5.57 Å². The van der Waals surface area contributed by atoms with E-state index in [-0.39, 0.29) is 17.4 Å². The second kappa shape index (κ2) is 6.49. The lowest BCUT2D eigenvalue weighted by molar-refractivity contribution is -0.172. The van der Waals surface area contributed by atoms with Gasteiger partial charge >= 0.3 is 0 Å². The molecule has 0 bridgehead atoms. The van der Waals surface area contributed by atoms with Crippen molar-refractivity contribution in [3.8, 4) is 0 Å². The number of alkyl halides is 1. The van der Waals surface area contributed by atoms with Gasteiger partial charge in [-0.05, 0) is 92.9 Å². The summed E-state index contributed by atoms with van der Waals surface area (Å²) in [6, 6.07) is 4.07. The first-order valence-electron chi connectivity index (χ1n) is 11.2. The van der Waals surface area contributed by atoms with Crippen molar-refractivity contribution in [3.63, 3.8) is 0 Å². The first-order chi connectivity index (χ1) is 13.8. The van der Waals surface area contributed by atoms with Gasteiger partial charge in [-0.2, -0.15) is 0 Å². The summed E-state index contributed by atoms with van der Waals surface area (Å²) in [7, 11) is 0. The number of hydrogen-bond acceptors (Lipinski definition) is 3. The molecule has 1 aromatic rings. The highest BCUT2D eigenvalue weighted by Crippen LogP contribution is 2.65. The number of aliphatic hydroxyl groups is 2. The second-order valence-electron chi connectivity index (χ2n) is 10.1. The quantitative estimate of drug-likeness (QED) is 0.662. The third kappa shape index (κ3) is 2.71. The second-order valence-corrected chi connectivity index (χ2v) is 10.1. The van der Waals surface area contributed by atoms with Crippen molar-refractivity contribution >= 4 is 5.57 Å². The Bertz CT molecular complexity index is 895. The Labute approximate surface area is 172 Å². The molecule has 0 saturated heterocycles. The molecule has 1 heterocycles. The van der Waals surface area contributed by atoms with Crippen LogP contribution in [-0.4, -0.2) is 32.6 Å². The Morgan fingerprint density at radius 1 is 1.17 bits per heavy atom. The minimum atomic E-state index is -1.70. The molecule has 156 valence electrons. The summed E-state index contributed by atoms with van der Waals surface area (Å²) in [4.78, 5) is 4.47. The zero-order valence-corrected chi connectivity index (χ0v) is 17.5. The fourth-order valence-electron chi connectivity index (χ4n) is 6.98. The first-order valence-corrected chi connectivity index (χ1v) is 11.2. The number of allylic oxidation sites excluding steroid dienone is 2. The highest BCUT2D eigenvalue weighted by Gasteiger charge is 2.65. The molecule has 6 atom stereocenters. The van der Waals surface area contributed by atoms with Gasteiger partial charge in [0.2, 0.25) is 0 Å². The molecule has 4 aliphatic rings. The van der Waals surface area contributed by atoms with Gasteiger partial charge in [-0.1, -0.05) is 24.6 Å². The van der Waals surface area contributed by atoms with Crippen molar-refractivity contribution in [2.24, 2.45) is 17.3 Å². The van der Waals surface area contributed by atoms with Crippen molar-refractivity contribution < 1.29 is 14.6 Å². The summed E-state index contributed by atoms with van der Waals surface area (Å²) in [5, 5.41) is 22.1. The molecule has 2 fully saturated rings. The van der Waals surface area contributed by atoms with Gasteiger partial charge in [-0.3, -0.25) is 4.98 Å². The zero-order chi connectivity index (χ0) is 20.4. The highest BCUT2D eigenvalue weighted by atomic mass is 19.1. The fraction of sp³-hybridized carbons (Fsp3) is 0.640. The predicted octanol–water partition coefficient (Wildman–Crippen LogP) is 4.91. The average molecular weight is 398 g/mol. The Kier molecular flexibility index (Phi) is 4.35. The molecule has 0 spiro atoms. The minimum absolute atomic E-state index is 0.134. The average Bonchev–Trinajstić information content (AvgIpc) is 2.98. The summed E-state index contributed by atoms with van der Waals surface area (Å²) in [5.74, 6) is 0.173. The van der Waals surface area contributed by atoms with Crippen LogP contribution in [0.1, 0.15) is 69.5 Å². The van der Waals surface area contributed by atoms with Crippen molar-refractivity contribution in [1.29, 1.82) is 0 Å². The predicted molar refractivity (Wildman–Crippen MR) is 112 cm³/mol. The SMILES string of the molecule is Cc1ncccc1C1=CCC2C1(C)CCC1(F)C=C3CC(O)CCC3CC[C@]21O. The van der Waals surface area contributed by atoms with Crippen LogP contribution in [0.2, 0.25) is 0 Å². The van der Waals surface area contributed by atoms with Crippen LogP contribution in [0.15, 0.2) is 36.1 Å². The summed E-state index contributed by atoms with van der Waals surface area (Å²) < 4.78 is 16.5. The van der Waals surface area contributed by atoms with E-state index in [1.54, 1.807) is 6.08 Å². The monoisotopic (exact) mass is 397 g/mol. The van der Waals surface area contributed by atoms with Crippen molar-refractivity contribution in [1.82, 2.24) is 4.98 Å². The zero-order valence-electron chi connectivity index (χ0n) is 17.5. The maximum Gasteiger partial charge on any atom is 0.158 e. The van der Waals surface area contributed by atoms with E-state index in [0.717, 1.165) is 36.1 Å². The maximum absolute atomic E-state index is 16.5. The van der Waals surface area contributed by atoms with E-state index < -0.39 is 11.3 Å². The van der Waals surface area contributed by atoms with Crippen LogP contribution in [0.25, 0.3) is 5.57 Å². The summed E-state index contributed by atoms with van der Waals surface area (Å²) in [5.41, 5.74) is 1.10. The van der Waals surface area contributed by atoms with Gasteiger partial charge in [0.1, 0.15) is 5.60 Å². The summed E-state index contributed by atoms with van der Waals surface area (Å²) in [6.45, 7) is 4.24. The lowest BCUT2D eigenvalue weighted by Gasteiger charge is -2.55.